The number of hydrogen-bond donors (Lipinski definition) is 1. The second-order valence-corrected chi connectivity index (χ2v) is 5.25. The Hall–Kier alpha value is -1.39. The van der Waals surface area contributed by atoms with E-state index in [0.717, 1.165) is 44.9 Å². The molecule has 0 unspecified atom stereocenters. The van der Waals surface area contributed by atoms with Gasteiger partial charge in [-0.3, -0.25) is 5.26 Å². The zero-order valence-corrected chi connectivity index (χ0v) is 13.6. The van der Waals surface area contributed by atoms with Crippen LogP contribution in [0.1, 0.15) is 64.7 Å². The molecule has 0 aromatic carbocycles. The lowest BCUT2D eigenvalue weighted by Crippen LogP contribution is -2.21. The molecule has 0 aliphatic heterocycles. The van der Waals surface area contributed by atoms with Crippen molar-refractivity contribution in [1.82, 2.24) is 0 Å². The van der Waals surface area contributed by atoms with Crippen LogP contribution in [0.5, 0.6) is 0 Å². The Morgan fingerprint density at radius 2 is 1.82 bits per heavy atom. The van der Waals surface area contributed by atoms with E-state index in [1.54, 1.807) is 0 Å². The van der Waals surface area contributed by atoms with E-state index in [-0.39, 0.29) is 12.5 Å². The van der Waals surface area contributed by atoms with Crippen LogP contribution in [-0.4, -0.2) is 17.3 Å². The van der Waals surface area contributed by atoms with E-state index in [2.05, 4.69) is 17.9 Å². The van der Waals surface area contributed by atoms with Crippen LogP contribution in [0.25, 0.3) is 0 Å². The molecule has 126 valence electrons. The van der Waals surface area contributed by atoms with E-state index in [1.165, 1.54) is 0 Å². The molecule has 1 atom stereocenters. The van der Waals surface area contributed by atoms with Gasteiger partial charge in [0.2, 0.25) is 0 Å². The second kappa shape index (κ2) is 16.0. The standard InChI is InChI=1S/C18H30O4/c1-2-3-11-14-17(22-21)15-12-9-7-5-4-6-8-10-13-16-18(19)20/h3,7,9,11-12,15,17,21H,2,4-6,8,10,13-14,16H2,1H3,(H,19,20)/p-1/b9-7-,11-3-,15-12+/t17-/m0/s1. The van der Waals surface area contributed by atoms with E-state index < -0.39 is 5.97 Å². The fourth-order valence-corrected chi connectivity index (χ4v) is 1.98. The molecule has 0 bridgehead atoms. The molecule has 0 saturated heterocycles. The highest BCUT2D eigenvalue weighted by atomic mass is 17.1. The maximum absolute atomic E-state index is 10.2. The first-order chi connectivity index (χ1) is 10.7. The Morgan fingerprint density at radius 3 is 2.50 bits per heavy atom. The van der Waals surface area contributed by atoms with Crippen molar-refractivity contribution in [1.29, 1.82) is 0 Å². The number of carbonyl (C=O) groups excluding carboxylic acids is 1. The van der Waals surface area contributed by atoms with Crippen molar-refractivity contribution in [3.8, 4) is 0 Å². The molecular weight excluding hydrogens is 280 g/mol. The fourth-order valence-electron chi connectivity index (χ4n) is 1.98. The lowest BCUT2D eigenvalue weighted by atomic mass is 10.1. The van der Waals surface area contributed by atoms with Gasteiger partial charge in [-0.25, -0.2) is 4.89 Å². The molecule has 0 aliphatic rings. The highest BCUT2D eigenvalue weighted by molar-refractivity contribution is 5.63. The third-order valence-electron chi connectivity index (χ3n) is 3.23. The minimum atomic E-state index is -0.954. The highest BCUT2D eigenvalue weighted by Crippen LogP contribution is 2.07. The lowest BCUT2D eigenvalue weighted by molar-refractivity contribution is -0.305. The summed E-state index contributed by atoms with van der Waals surface area (Å²) in [7, 11) is 0. The summed E-state index contributed by atoms with van der Waals surface area (Å²) in [6.07, 6.45) is 19.3. The smallest absolute Gasteiger partial charge is 0.115 e. The zero-order chi connectivity index (χ0) is 16.5. The highest BCUT2D eigenvalue weighted by Gasteiger charge is 1.99. The average molecular weight is 309 g/mol. The number of hydrogen-bond acceptors (Lipinski definition) is 4. The minimum Gasteiger partial charge on any atom is -0.550 e. The van der Waals surface area contributed by atoms with Crippen LogP contribution in [-0.2, 0) is 9.68 Å². The van der Waals surface area contributed by atoms with Crippen molar-refractivity contribution in [2.75, 3.05) is 0 Å². The van der Waals surface area contributed by atoms with Gasteiger partial charge in [0.1, 0.15) is 6.10 Å². The van der Waals surface area contributed by atoms with Gasteiger partial charge in [0.05, 0.1) is 0 Å². The summed E-state index contributed by atoms with van der Waals surface area (Å²) in [4.78, 5) is 14.6. The molecule has 0 aliphatic carbocycles. The number of unbranched alkanes of at least 4 members (excludes halogenated alkanes) is 5. The number of allylic oxidation sites excluding steroid dienone is 4. The Labute approximate surface area is 134 Å². The molecule has 0 aromatic rings. The topological polar surface area (TPSA) is 69.6 Å². The summed E-state index contributed by atoms with van der Waals surface area (Å²) in [6.45, 7) is 2.06. The van der Waals surface area contributed by atoms with Crippen molar-refractivity contribution < 1.29 is 20.0 Å². The summed E-state index contributed by atoms with van der Waals surface area (Å²) in [6, 6.07) is 0. The average Bonchev–Trinajstić information content (AvgIpc) is 2.50. The maximum Gasteiger partial charge on any atom is 0.115 e. The quantitative estimate of drug-likeness (QED) is 0.174. The van der Waals surface area contributed by atoms with Gasteiger partial charge < -0.3 is 9.90 Å². The Balaban J connectivity index is 3.57. The first-order valence-corrected chi connectivity index (χ1v) is 8.19. The normalized spacial score (nSPS) is 13.5. The number of carboxylic acids is 1. The first-order valence-electron chi connectivity index (χ1n) is 8.19. The molecule has 0 amide bonds. The number of carboxylic acid groups (broad SMARTS) is 1. The van der Waals surface area contributed by atoms with E-state index in [0.29, 0.717) is 6.42 Å². The summed E-state index contributed by atoms with van der Waals surface area (Å²) in [5, 5.41) is 19.0. The van der Waals surface area contributed by atoms with Crippen LogP contribution >= 0.6 is 0 Å². The van der Waals surface area contributed by atoms with Crippen molar-refractivity contribution in [3.63, 3.8) is 0 Å². The summed E-state index contributed by atoms with van der Waals surface area (Å²) in [5.41, 5.74) is 0. The van der Waals surface area contributed by atoms with Crippen molar-refractivity contribution in [2.24, 2.45) is 0 Å². The number of aliphatic carboxylic acids is 1. The molecule has 1 N–H and O–H groups in total. The Morgan fingerprint density at radius 1 is 1.09 bits per heavy atom. The minimum absolute atomic E-state index is 0.173. The zero-order valence-electron chi connectivity index (χ0n) is 13.6. The van der Waals surface area contributed by atoms with Crippen LogP contribution in [0.15, 0.2) is 36.5 Å². The molecule has 0 aromatic heterocycles. The van der Waals surface area contributed by atoms with Gasteiger partial charge >= 0.3 is 0 Å². The molecular formula is C18H29O4-. The Kier molecular flexibility index (Phi) is 15.0. The number of carbonyl (C=O) groups is 1. The van der Waals surface area contributed by atoms with Crippen LogP contribution in [0, 0.1) is 0 Å². The van der Waals surface area contributed by atoms with Gasteiger partial charge in [0.15, 0.2) is 0 Å². The van der Waals surface area contributed by atoms with E-state index >= 15 is 0 Å². The largest absolute Gasteiger partial charge is 0.550 e. The van der Waals surface area contributed by atoms with E-state index in [9.17, 15) is 9.90 Å². The van der Waals surface area contributed by atoms with Gasteiger partial charge in [-0.2, -0.15) is 0 Å². The van der Waals surface area contributed by atoms with Crippen LogP contribution in [0.3, 0.4) is 0 Å². The van der Waals surface area contributed by atoms with Crippen molar-refractivity contribution in [2.45, 2.75) is 70.8 Å². The monoisotopic (exact) mass is 309 g/mol. The molecule has 0 fully saturated rings. The third-order valence-corrected chi connectivity index (χ3v) is 3.23. The fraction of sp³-hybridized carbons (Fsp3) is 0.611. The lowest BCUT2D eigenvalue weighted by Gasteiger charge is -2.03. The van der Waals surface area contributed by atoms with Crippen LogP contribution in [0.2, 0.25) is 0 Å². The maximum atomic E-state index is 10.2. The van der Waals surface area contributed by atoms with Crippen LogP contribution in [0.4, 0.5) is 0 Å². The van der Waals surface area contributed by atoms with Gasteiger partial charge in [-0.15, -0.1) is 0 Å². The molecule has 4 heteroatoms. The second-order valence-electron chi connectivity index (χ2n) is 5.25. The van der Waals surface area contributed by atoms with Crippen molar-refractivity contribution in [3.05, 3.63) is 36.5 Å². The first kappa shape index (κ1) is 20.6. The van der Waals surface area contributed by atoms with Crippen molar-refractivity contribution >= 4 is 5.97 Å². The molecule has 0 heterocycles. The van der Waals surface area contributed by atoms with E-state index in [1.807, 2.05) is 30.4 Å². The van der Waals surface area contributed by atoms with Gasteiger partial charge in [-0.05, 0) is 38.5 Å². The number of rotatable bonds is 14. The molecule has 0 saturated carbocycles. The van der Waals surface area contributed by atoms with Gasteiger partial charge in [0.25, 0.3) is 0 Å². The Bertz CT molecular complexity index is 345. The summed E-state index contributed by atoms with van der Waals surface area (Å²) in [5.74, 6) is -0.954. The SMILES string of the molecule is CC/C=C\C[C@@H](/C=C/C=C\CCCCCCCC(=O)[O-])OO. The molecule has 0 spiro atoms. The predicted octanol–water partition coefficient (Wildman–Crippen LogP) is 3.79. The summed E-state index contributed by atoms with van der Waals surface area (Å²) < 4.78 is 0. The molecule has 0 rings (SSSR count). The summed E-state index contributed by atoms with van der Waals surface area (Å²) >= 11 is 0. The van der Waals surface area contributed by atoms with Gasteiger partial charge in [0, 0.05) is 5.97 Å². The third kappa shape index (κ3) is 15.0. The van der Waals surface area contributed by atoms with Crippen LogP contribution < -0.4 is 5.11 Å². The van der Waals surface area contributed by atoms with Gasteiger partial charge in [-0.1, -0.05) is 62.6 Å². The predicted molar refractivity (Wildman–Crippen MR) is 87.2 cm³/mol. The molecule has 4 nitrogen and oxygen atoms in total. The molecule has 0 radical (unpaired) electrons. The van der Waals surface area contributed by atoms with E-state index in [4.69, 9.17) is 5.26 Å². The molecule has 22 heavy (non-hydrogen) atoms.